The van der Waals surface area contributed by atoms with E-state index in [1.807, 2.05) is 18.4 Å². The molecule has 2 aromatic rings. The lowest BCUT2D eigenvalue weighted by Gasteiger charge is -2.20. The summed E-state index contributed by atoms with van der Waals surface area (Å²) < 4.78 is 27.3. The Bertz CT molecular complexity index is 885. The van der Waals surface area contributed by atoms with Crippen LogP contribution >= 0.6 is 11.3 Å². The van der Waals surface area contributed by atoms with Crippen molar-refractivity contribution in [1.29, 1.82) is 0 Å². The number of nitrogens with one attached hydrogen (secondary N) is 2. The molecule has 3 rings (SSSR count). The molecule has 0 spiro atoms. The Kier molecular flexibility index (Phi) is 6.51. The molecule has 1 aliphatic heterocycles. The van der Waals surface area contributed by atoms with E-state index in [9.17, 15) is 13.2 Å². The quantitative estimate of drug-likeness (QED) is 0.788. The highest BCUT2D eigenvalue weighted by Gasteiger charge is 2.25. The van der Waals surface area contributed by atoms with Gasteiger partial charge in [-0.25, -0.2) is 13.2 Å². The summed E-state index contributed by atoms with van der Waals surface area (Å²) in [5, 5.41) is 7.52. The molecule has 2 amide bonds. The number of carbonyl (C=O) groups excluding carboxylic acids is 1. The molecule has 1 aromatic heterocycles. The van der Waals surface area contributed by atoms with Crippen LogP contribution in [0, 0.1) is 6.92 Å². The lowest BCUT2D eigenvalue weighted by Crippen LogP contribution is -2.32. The molecule has 0 atom stereocenters. The number of hydrogen-bond acceptors (Lipinski definition) is 4. The predicted molar refractivity (Wildman–Crippen MR) is 109 cm³/mol. The van der Waals surface area contributed by atoms with Crippen molar-refractivity contribution < 1.29 is 13.2 Å². The average molecular weight is 408 g/mol. The number of urea groups is 1. The number of nitrogens with zero attached hydrogens (tertiary/aromatic N) is 1. The minimum Gasteiger partial charge on any atom is -0.333 e. The molecule has 6 nitrogen and oxygen atoms in total. The fraction of sp³-hybridized carbons (Fsp3) is 0.421. The highest BCUT2D eigenvalue weighted by Crippen LogP contribution is 2.22. The molecule has 2 heterocycles. The summed E-state index contributed by atoms with van der Waals surface area (Å²) in [6, 6.07) is 8.11. The van der Waals surface area contributed by atoms with Gasteiger partial charge in [0.2, 0.25) is 10.0 Å². The Labute approximate surface area is 164 Å². The molecule has 0 radical (unpaired) electrons. The van der Waals surface area contributed by atoms with E-state index in [1.165, 1.54) is 6.07 Å². The summed E-state index contributed by atoms with van der Waals surface area (Å²) in [6.07, 6.45) is 3.92. The van der Waals surface area contributed by atoms with Gasteiger partial charge in [0.05, 0.1) is 11.4 Å². The Morgan fingerprint density at radius 2 is 1.89 bits per heavy atom. The van der Waals surface area contributed by atoms with E-state index in [0.29, 0.717) is 25.3 Å². The molecule has 8 heteroatoms. The molecule has 2 N–H and O–H groups in total. The van der Waals surface area contributed by atoms with E-state index in [4.69, 9.17) is 0 Å². The molecular weight excluding hydrogens is 382 g/mol. The van der Waals surface area contributed by atoms with Crippen LogP contribution in [0.5, 0.6) is 0 Å². The van der Waals surface area contributed by atoms with Gasteiger partial charge < -0.3 is 10.6 Å². The van der Waals surface area contributed by atoms with Crippen molar-refractivity contribution in [2.75, 3.05) is 18.4 Å². The van der Waals surface area contributed by atoms with Crippen LogP contribution in [0.25, 0.3) is 0 Å². The highest BCUT2D eigenvalue weighted by atomic mass is 32.2. The van der Waals surface area contributed by atoms with Crippen molar-refractivity contribution in [3.05, 3.63) is 46.2 Å². The van der Waals surface area contributed by atoms with E-state index in [1.54, 1.807) is 33.8 Å². The number of thiophene rings is 1. The van der Waals surface area contributed by atoms with Gasteiger partial charge in [0.25, 0.3) is 0 Å². The summed E-state index contributed by atoms with van der Waals surface area (Å²) >= 11 is 1.59. The van der Waals surface area contributed by atoms with Crippen LogP contribution in [0.15, 0.2) is 40.6 Å². The van der Waals surface area contributed by atoms with Crippen molar-refractivity contribution in [2.45, 2.75) is 44.0 Å². The van der Waals surface area contributed by atoms with Crippen LogP contribution in [-0.2, 0) is 16.6 Å². The zero-order valence-corrected chi connectivity index (χ0v) is 17.0. The SMILES string of the molecule is Cc1ccsc1CNC(=O)Nc1cccc(S(=O)(=O)N2CCCCCC2)c1. The Hall–Kier alpha value is -1.90. The Morgan fingerprint density at radius 3 is 2.56 bits per heavy atom. The minimum atomic E-state index is -3.53. The van der Waals surface area contributed by atoms with Gasteiger partial charge in [0.1, 0.15) is 0 Å². The number of benzene rings is 1. The molecule has 0 aliphatic carbocycles. The molecule has 1 aliphatic rings. The van der Waals surface area contributed by atoms with Crippen molar-refractivity contribution in [1.82, 2.24) is 9.62 Å². The van der Waals surface area contributed by atoms with Crippen LogP contribution in [0.4, 0.5) is 10.5 Å². The third-order valence-electron chi connectivity index (χ3n) is 4.67. The second-order valence-electron chi connectivity index (χ2n) is 6.68. The Balaban J connectivity index is 1.65. The van der Waals surface area contributed by atoms with Crippen LogP contribution in [0.3, 0.4) is 0 Å². The highest BCUT2D eigenvalue weighted by molar-refractivity contribution is 7.89. The van der Waals surface area contributed by atoms with Crippen molar-refractivity contribution in [3.63, 3.8) is 0 Å². The third-order valence-corrected chi connectivity index (χ3v) is 7.59. The van der Waals surface area contributed by atoms with Crippen LogP contribution in [0.2, 0.25) is 0 Å². The molecule has 0 bridgehead atoms. The minimum absolute atomic E-state index is 0.219. The van der Waals surface area contributed by atoms with E-state index in [2.05, 4.69) is 10.6 Å². The molecule has 1 fully saturated rings. The standard InChI is InChI=1S/C19H25N3O3S2/c1-15-9-12-26-18(15)14-20-19(23)21-16-7-6-8-17(13-16)27(24,25)22-10-4-2-3-5-11-22/h6-9,12-13H,2-5,10-11,14H2,1H3,(H2,20,21,23). The van der Waals surface area contributed by atoms with Gasteiger partial charge in [-0.3, -0.25) is 0 Å². The van der Waals surface area contributed by atoms with Gasteiger partial charge in [-0.05, 0) is 55.0 Å². The number of anilines is 1. The molecule has 0 saturated carbocycles. The summed E-state index contributed by atoms with van der Waals surface area (Å²) in [7, 11) is -3.53. The summed E-state index contributed by atoms with van der Waals surface area (Å²) in [5.74, 6) is 0. The number of amides is 2. The molecular formula is C19H25N3O3S2. The zero-order chi connectivity index (χ0) is 19.3. The van der Waals surface area contributed by atoms with Gasteiger partial charge in [-0.15, -0.1) is 11.3 Å². The monoisotopic (exact) mass is 407 g/mol. The van der Waals surface area contributed by atoms with Crippen LogP contribution < -0.4 is 10.6 Å². The van der Waals surface area contributed by atoms with Gasteiger partial charge in [-0.1, -0.05) is 18.9 Å². The molecule has 27 heavy (non-hydrogen) atoms. The normalized spacial score (nSPS) is 15.9. The second-order valence-corrected chi connectivity index (χ2v) is 9.62. The number of sulfonamides is 1. The first kappa shape index (κ1) is 19.9. The third kappa shape index (κ3) is 5.09. The number of carbonyl (C=O) groups is 1. The fourth-order valence-corrected chi connectivity index (χ4v) is 5.50. The van der Waals surface area contributed by atoms with E-state index < -0.39 is 10.0 Å². The second kappa shape index (κ2) is 8.86. The van der Waals surface area contributed by atoms with E-state index in [0.717, 1.165) is 36.1 Å². The lowest BCUT2D eigenvalue weighted by atomic mass is 10.2. The van der Waals surface area contributed by atoms with Crippen molar-refractivity contribution in [3.8, 4) is 0 Å². The topological polar surface area (TPSA) is 78.5 Å². The van der Waals surface area contributed by atoms with Gasteiger partial charge in [0, 0.05) is 23.7 Å². The van der Waals surface area contributed by atoms with Crippen LogP contribution in [0.1, 0.15) is 36.1 Å². The molecule has 1 aromatic carbocycles. The summed E-state index contributed by atoms with van der Waals surface area (Å²) in [6.45, 7) is 3.56. The van der Waals surface area contributed by atoms with Gasteiger partial charge >= 0.3 is 6.03 Å². The maximum absolute atomic E-state index is 12.9. The van der Waals surface area contributed by atoms with Gasteiger partial charge in [-0.2, -0.15) is 4.31 Å². The average Bonchev–Trinajstić information content (AvgIpc) is 2.88. The first-order valence-electron chi connectivity index (χ1n) is 9.15. The predicted octanol–water partition coefficient (Wildman–Crippen LogP) is 3.94. The molecule has 0 unspecified atom stereocenters. The number of hydrogen-bond donors (Lipinski definition) is 2. The fourth-order valence-electron chi connectivity index (χ4n) is 3.09. The maximum Gasteiger partial charge on any atom is 0.319 e. The molecule has 1 saturated heterocycles. The largest absolute Gasteiger partial charge is 0.333 e. The first-order chi connectivity index (χ1) is 13.0. The zero-order valence-electron chi connectivity index (χ0n) is 15.4. The maximum atomic E-state index is 12.9. The van der Waals surface area contributed by atoms with Crippen molar-refractivity contribution in [2.24, 2.45) is 0 Å². The number of aryl methyl sites for hydroxylation is 1. The Morgan fingerprint density at radius 1 is 1.15 bits per heavy atom. The smallest absolute Gasteiger partial charge is 0.319 e. The summed E-state index contributed by atoms with van der Waals surface area (Å²) in [4.78, 5) is 13.5. The van der Waals surface area contributed by atoms with E-state index in [-0.39, 0.29) is 10.9 Å². The van der Waals surface area contributed by atoms with E-state index >= 15 is 0 Å². The van der Waals surface area contributed by atoms with Crippen LogP contribution in [-0.4, -0.2) is 31.8 Å². The summed E-state index contributed by atoms with van der Waals surface area (Å²) in [5.41, 5.74) is 1.61. The van der Waals surface area contributed by atoms with Gasteiger partial charge in [0.15, 0.2) is 0 Å². The first-order valence-corrected chi connectivity index (χ1v) is 11.5. The molecule has 146 valence electrons. The van der Waals surface area contributed by atoms with Crippen molar-refractivity contribution >= 4 is 33.1 Å². The number of rotatable bonds is 5. The lowest BCUT2D eigenvalue weighted by molar-refractivity contribution is 0.252.